The Morgan fingerprint density at radius 3 is 2.57 bits per heavy atom. The lowest BCUT2D eigenvalue weighted by Crippen LogP contribution is -2.20. The van der Waals surface area contributed by atoms with Crippen LogP contribution in [0.25, 0.3) is 22.0 Å². The Bertz CT molecular complexity index is 1240. The number of nitrogens with zero attached hydrogens (tertiary/aromatic N) is 2. The molecule has 4 rings (SSSR count). The summed E-state index contributed by atoms with van der Waals surface area (Å²) in [6.45, 7) is 3.80. The third kappa shape index (κ3) is 4.12. The van der Waals surface area contributed by atoms with E-state index in [-0.39, 0.29) is 12.5 Å². The fourth-order valence-electron chi connectivity index (χ4n) is 3.27. The Hall–Kier alpha value is -3.80. The zero-order valence-electron chi connectivity index (χ0n) is 16.6. The first-order valence-electron chi connectivity index (χ1n) is 9.52. The number of aryl methyl sites for hydroxylation is 2. The molecular formula is C24H20FN3O2. The van der Waals surface area contributed by atoms with E-state index in [1.54, 1.807) is 6.07 Å². The largest absolute Gasteiger partial charge is 0.466 e. The van der Waals surface area contributed by atoms with Gasteiger partial charge < -0.3 is 10.1 Å². The van der Waals surface area contributed by atoms with Crippen LogP contribution in [0.5, 0.6) is 5.88 Å². The number of carbonyl (C=O) groups is 1. The number of nitrogens with one attached hydrogen (secondary N) is 1. The summed E-state index contributed by atoms with van der Waals surface area (Å²) in [5, 5.41) is 12.9. The Morgan fingerprint density at radius 1 is 0.967 bits per heavy atom. The molecule has 0 bridgehead atoms. The van der Waals surface area contributed by atoms with Crippen molar-refractivity contribution in [2.45, 2.75) is 13.8 Å². The van der Waals surface area contributed by atoms with Crippen LogP contribution in [0.3, 0.4) is 0 Å². The molecule has 0 aliphatic carbocycles. The van der Waals surface area contributed by atoms with Gasteiger partial charge in [-0.1, -0.05) is 42.0 Å². The van der Waals surface area contributed by atoms with E-state index >= 15 is 0 Å². The molecule has 30 heavy (non-hydrogen) atoms. The van der Waals surface area contributed by atoms with Crippen LogP contribution in [0.1, 0.15) is 11.1 Å². The van der Waals surface area contributed by atoms with Gasteiger partial charge in [0.25, 0.3) is 5.91 Å². The molecule has 0 aliphatic heterocycles. The Kier molecular flexibility index (Phi) is 5.39. The second kappa shape index (κ2) is 8.29. The third-order valence-corrected chi connectivity index (χ3v) is 4.75. The molecule has 0 spiro atoms. The van der Waals surface area contributed by atoms with Gasteiger partial charge in [0, 0.05) is 22.0 Å². The number of rotatable bonds is 5. The van der Waals surface area contributed by atoms with Crippen molar-refractivity contribution in [2.75, 3.05) is 11.9 Å². The number of benzene rings is 3. The number of amides is 1. The van der Waals surface area contributed by atoms with E-state index in [0.717, 1.165) is 33.2 Å². The molecule has 0 saturated carbocycles. The Balaban J connectivity index is 1.60. The molecule has 0 atom stereocenters. The van der Waals surface area contributed by atoms with E-state index in [9.17, 15) is 9.18 Å². The van der Waals surface area contributed by atoms with Crippen molar-refractivity contribution in [3.63, 3.8) is 0 Å². The summed E-state index contributed by atoms with van der Waals surface area (Å²) in [5.74, 6) is -0.563. The number of ether oxygens (including phenoxy) is 1. The molecule has 1 heterocycles. The molecule has 0 unspecified atom stereocenters. The zero-order chi connectivity index (χ0) is 21.1. The number of aromatic nitrogens is 2. The Morgan fingerprint density at radius 2 is 1.77 bits per heavy atom. The van der Waals surface area contributed by atoms with Crippen molar-refractivity contribution in [1.82, 2.24) is 10.2 Å². The van der Waals surface area contributed by atoms with Gasteiger partial charge in [-0.05, 0) is 49.7 Å². The van der Waals surface area contributed by atoms with Crippen molar-refractivity contribution < 1.29 is 13.9 Å². The van der Waals surface area contributed by atoms with E-state index < -0.39 is 11.7 Å². The predicted octanol–water partition coefficient (Wildman–Crippen LogP) is 5.07. The lowest BCUT2D eigenvalue weighted by Gasteiger charge is -2.12. The molecule has 0 aliphatic rings. The van der Waals surface area contributed by atoms with Gasteiger partial charge in [0.2, 0.25) is 5.88 Å². The molecule has 4 aromatic rings. The Labute approximate surface area is 173 Å². The maximum absolute atomic E-state index is 13.3. The van der Waals surface area contributed by atoms with Crippen LogP contribution < -0.4 is 10.1 Å². The highest BCUT2D eigenvalue weighted by Crippen LogP contribution is 2.32. The lowest BCUT2D eigenvalue weighted by molar-refractivity contribution is -0.118. The van der Waals surface area contributed by atoms with Crippen LogP contribution in [0.2, 0.25) is 0 Å². The molecule has 5 nitrogen and oxygen atoms in total. The zero-order valence-corrected chi connectivity index (χ0v) is 16.6. The minimum atomic E-state index is -0.424. The van der Waals surface area contributed by atoms with Crippen molar-refractivity contribution in [3.8, 4) is 17.1 Å². The van der Waals surface area contributed by atoms with Crippen LogP contribution in [0.15, 0.2) is 66.7 Å². The number of anilines is 1. The summed E-state index contributed by atoms with van der Waals surface area (Å²) in [5.41, 5.74) is 4.38. The average molecular weight is 401 g/mol. The summed E-state index contributed by atoms with van der Waals surface area (Å²) in [4.78, 5) is 12.2. The van der Waals surface area contributed by atoms with Crippen LogP contribution in [-0.2, 0) is 4.79 Å². The SMILES string of the molecule is Cc1ccc(C)c(-c2nnc(OCC(=O)Nc3cccc(F)c3)c3ccccc23)c1. The van der Waals surface area contributed by atoms with E-state index in [1.165, 1.54) is 18.2 Å². The van der Waals surface area contributed by atoms with Crippen LogP contribution in [0.4, 0.5) is 10.1 Å². The number of hydrogen-bond acceptors (Lipinski definition) is 4. The molecule has 3 aromatic carbocycles. The first-order valence-corrected chi connectivity index (χ1v) is 9.52. The van der Waals surface area contributed by atoms with Crippen molar-refractivity contribution in [1.29, 1.82) is 0 Å². The quantitative estimate of drug-likeness (QED) is 0.507. The summed E-state index contributed by atoms with van der Waals surface area (Å²) in [7, 11) is 0. The van der Waals surface area contributed by atoms with Crippen LogP contribution >= 0.6 is 0 Å². The maximum atomic E-state index is 13.3. The van der Waals surface area contributed by atoms with E-state index in [4.69, 9.17) is 4.74 Å². The van der Waals surface area contributed by atoms with Gasteiger partial charge in [-0.25, -0.2) is 4.39 Å². The maximum Gasteiger partial charge on any atom is 0.262 e. The molecule has 6 heteroatoms. The first-order chi connectivity index (χ1) is 14.5. The van der Waals surface area contributed by atoms with Gasteiger partial charge in [-0.2, -0.15) is 0 Å². The van der Waals surface area contributed by atoms with Crippen molar-refractivity contribution in [3.05, 3.63) is 83.7 Å². The molecule has 1 amide bonds. The first kappa shape index (κ1) is 19.5. The normalized spacial score (nSPS) is 10.8. The average Bonchev–Trinajstić information content (AvgIpc) is 2.74. The molecular weight excluding hydrogens is 381 g/mol. The van der Waals surface area contributed by atoms with Gasteiger partial charge in [-0.3, -0.25) is 4.79 Å². The topological polar surface area (TPSA) is 64.1 Å². The van der Waals surface area contributed by atoms with Gasteiger partial charge >= 0.3 is 0 Å². The molecule has 1 N–H and O–H groups in total. The molecule has 0 saturated heterocycles. The fourth-order valence-corrected chi connectivity index (χ4v) is 3.27. The molecule has 0 fully saturated rings. The summed E-state index contributed by atoms with van der Waals surface area (Å²) >= 11 is 0. The van der Waals surface area contributed by atoms with Crippen molar-refractivity contribution in [2.24, 2.45) is 0 Å². The van der Waals surface area contributed by atoms with E-state index in [2.05, 4.69) is 33.7 Å². The van der Waals surface area contributed by atoms with Gasteiger partial charge in [-0.15, -0.1) is 10.2 Å². The standard InChI is InChI=1S/C24H20FN3O2/c1-15-10-11-16(2)21(12-15)23-19-8-3-4-9-20(19)24(28-27-23)30-14-22(29)26-18-7-5-6-17(25)13-18/h3-13H,14H2,1-2H3,(H,26,29). The second-order valence-electron chi connectivity index (χ2n) is 7.06. The lowest BCUT2D eigenvalue weighted by atomic mass is 9.99. The molecule has 150 valence electrons. The van der Waals surface area contributed by atoms with Gasteiger partial charge in [0.05, 0.1) is 0 Å². The minimum absolute atomic E-state index is 0.266. The predicted molar refractivity (Wildman–Crippen MR) is 115 cm³/mol. The fraction of sp³-hybridized carbons (Fsp3) is 0.125. The summed E-state index contributed by atoms with van der Waals surface area (Å²) in [6.07, 6.45) is 0. The van der Waals surface area contributed by atoms with Gasteiger partial charge in [0.15, 0.2) is 6.61 Å². The number of hydrogen-bond donors (Lipinski definition) is 1. The van der Waals surface area contributed by atoms with Gasteiger partial charge in [0.1, 0.15) is 11.5 Å². The number of fused-ring (bicyclic) bond motifs is 1. The van der Waals surface area contributed by atoms with E-state index in [1.807, 2.05) is 38.1 Å². The van der Waals surface area contributed by atoms with Crippen molar-refractivity contribution >= 4 is 22.4 Å². The molecule has 1 aromatic heterocycles. The smallest absolute Gasteiger partial charge is 0.262 e. The molecule has 0 radical (unpaired) electrons. The highest BCUT2D eigenvalue weighted by molar-refractivity contribution is 5.98. The third-order valence-electron chi connectivity index (χ3n) is 4.75. The van der Waals surface area contributed by atoms with Crippen LogP contribution in [0, 0.1) is 19.7 Å². The summed E-state index contributed by atoms with van der Waals surface area (Å²) in [6, 6.07) is 19.5. The second-order valence-corrected chi connectivity index (χ2v) is 7.06. The number of halogens is 1. The highest BCUT2D eigenvalue weighted by atomic mass is 19.1. The van der Waals surface area contributed by atoms with Crippen LogP contribution in [-0.4, -0.2) is 22.7 Å². The number of carbonyl (C=O) groups excluding carboxylic acids is 1. The highest BCUT2D eigenvalue weighted by Gasteiger charge is 2.14. The monoisotopic (exact) mass is 401 g/mol. The minimum Gasteiger partial charge on any atom is -0.466 e. The summed E-state index contributed by atoms with van der Waals surface area (Å²) < 4.78 is 18.9. The van der Waals surface area contributed by atoms with E-state index in [0.29, 0.717) is 5.69 Å².